The molecule has 0 fully saturated rings. The summed E-state index contributed by atoms with van der Waals surface area (Å²) < 4.78 is 0. The van der Waals surface area contributed by atoms with Crippen LogP contribution in [0, 0.1) is 0 Å². The molecule has 0 radical (unpaired) electrons. The molecule has 0 bridgehead atoms. The largest absolute Gasteiger partial charge is 0.361 e. The maximum absolute atomic E-state index is 12.3. The number of halogens is 2. The van der Waals surface area contributed by atoms with Crippen molar-refractivity contribution in [3.8, 4) is 0 Å². The number of nitrogens with zero attached hydrogens (tertiary/aromatic N) is 2. The minimum atomic E-state index is -0.324. The molecule has 0 atom stereocenters. The van der Waals surface area contributed by atoms with Crippen molar-refractivity contribution >= 4 is 45.8 Å². The van der Waals surface area contributed by atoms with Crippen LogP contribution in [-0.4, -0.2) is 20.9 Å². The van der Waals surface area contributed by atoms with Crippen LogP contribution in [0.15, 0.2) is 36.8 Å². The molecule has 100 valence electrons. The average molecular weight is 307 g/mol. The van der Waals surface area contributed by atoms with Gasteiger partial charge in [0.05, 0.1) is 11.1 Å². The topological polar surface area (TPSA) is 70.7 Å². The smallest absolute Gasteiger partial charge is 0.258 e. The Labute approximate surface area is 124 Å². The molecule has 0 aliphatic rings. The van der Waals surface area contributed by atoms with E-state index in [1.54, 1.807) is 18.3 Å². The number of carbonyl (C=O) groups excluding carboxylic acids is 1. The first-order valence-corrected chi connectivity index (χ1v) is 6.46. The monoisotopic (exact) mass is 306 g/mol. The molecule has 0 saturated carbocycles. The normalized spacial score (nSPS) is 10.7. The highest BCUT2D eigenvalue weighted by molar-refractivity contribution is 6.43. The fourth-order valence-electron chi connectivity index (χ4n) is 1.88. The first kappa shape index (κ1) is 12.9. The molecule has 0 spiro atoms. The number of para-hydroxylation sites is 1. The first-order chi connectivity index (χ1) is 9.66. The van der Waals surface area contributed by atoms with Gasteiger partial charge < -0.3 is 10.3 Å². The quantitative estimate of drug-likeness (QED) is 0.712. The molecule has 2 heterocycles. The van der Waals surface area contributed by atoms with Gasteiger partial charge in [0.2, 0.25) is 0 Å². The molecule has 2 aromatic heterocycles. The predicted octanol–water partition coefficient (Wildman–Crippen LogP) is 3.52. The lowest BCUT2D eigenvalue weighted by atomic mass is 10.1. The van der Waals surface area contributed by atoms with Gasteiger partial charge in [0, 0.05) is 11.6 Å². The number of anilines is 1. The van der Waals surface area contributed by atoms with Crippen molar-refractivity contribution in [1.82, 2.24) is 15.0 Å². The van der Waals surface area contributed by atoms with Crippen molar-refractivity contribution in [2.45, 2.75) is 0 Å². The Kier molecular flexibility index (Phi) is 3.30. The molecule has 0 aliphatic carbocycles. The lowest BCUT2D eigenvalue weighted by molar-refractivity contribution is 0.102. The van der Waals surface area contributed by atoms with Crippen LogP contribution in [0.2, 0.25) is 10.2 Å². The molecule has 0 unspecified atom stereocenters. The number of hydrogen-bond donors (Lipinski definition) is 2. The fourth-order valence-corrected chi connectivity index (χ4v) is 2.16. The Morgan fingerprint density at radius 1 is 1.20 bits per heavy atom. The summed E-state index contributed by atoms with van der Waals surface area (Å²) in [6.07, 6.45) is 3.01. The second-order valence-electron chi connectivity index (χ2n) is 4.03. The molecule has 7 heteroatoms. The minimum absolute atomic E-state index is 0.0926. The van der Waals surface area contributed by atoms with Gasteiger partial charge in [-0.05, 0) is 12.1 Å². The van der Waals surface area contributed by atoms with E-state index >= 15 is 0 Å². The summed E-state index contributed by atoms with van der Waals surface area (Å²) in [4.78, 5) is 23.0. The van der Waals surface area contributed by atoms with Crippen molar-refractivity contribution in [3.63, 3.8) is 0 Å². The lowest BCUT2D eigenvalue weighted by Gasteiger charge is -2.07. The minimum Gasteiger partial charge on any atom is -0.361 e. The van der Waals surface area contributed by atoms with E-state index < -0.39 is 0 Å². The van der Waals surface area contributed by atoms with E-state index in [4.69, 9.17) is 23.2 Å². The summed E-state index contributed by atoms with van der Waals surface area (Å²) in [5, 5.41) is 3.78. The summed E-state index contributed by atoms with van der Waals surface area (Å²) in [6.45, 7) is 0. The highest BCUT2D eigenvalue weighted by Crippen LogP contribution is 2.26. The molecule has 20 heavy (non-hydrogen) atoms. The van der Waals surface area contributed by atoms with Crippen molar-refractivity contribution in [1.29, 1.82) is 0 Å². The summed E-state index contributed by atoms with van der Waals surface area (Å²) in [7, 11) is 0. The zero-order chi connectivity index (χ0) is 14.1. The number of benzene rings is 1. The van der Waals surface area contributed by atoms with Gasteiger partial charge in [-0.3, -0.25) is 4.79 Å². The number of fused-ring (bicyclic) bond motifs is 1. The molecular formula is C13H8Cl2N4O. The number of rotatable bonds is 2. The standard InChI is InChI=1S/C13H8Cl2N4O/c14-9-11(15)17-6-18-12(9)19-13(20)8-3-1-2-7-4-5-16-10(7)8/h1-6,16H,(H,17,18,19,20). The van der Waals surface area contributed by atoms with Crippen molar-refractivity contribution < 1.29 is 4.79 Å². The zero-order valence-corrected chi connectivity index (χ0v) is 11.5. The molecule has 0 saturated heterocycles. The van der Waals surface area contributed by atoms with E-state index in [0.717, 1.165) is 10.9 Å². The number of H-pyrrole nitrogens is 1. The molecule has 1 amide bonds. The van der Waals surface area contributed by atoms with E-state index in [9.17, 15) is 4.79 Å². The Hall–Kier alpha value is -2.11. The molecule has 1 aromatic carbocycles. The van der Waals surface area contributed by atoms with Crippen LogP contribution in [-0.2, 0) is 0 Å². The second-order valence-corrected chi connectivity index (χ2v) is 4.76. The van der Waals surface area contributed by atoms with Crippen molar-refractivity contribution in [2.24, 2.45) is 0 Å². The van der Waals surface area contributed by atoms with Crippen LogP contribution in [0.1, 0.15) is 10.4 Å². The van der Waals surface area contributed by atoms with E-state index in [1.165, 1.54) is 6.33 Å². The van der Waals surface area contributed by atoms with Crippen LogP contribution in [0.5, 0.6) is 0 Å². The van der Waals surface area contributed by atoms with Gasteiger partial charge in [0.1, 0.15) is 11.3 Å². The van der Waals surface area contributed by atoms with E-state index in [0.29, 0.717) is 5.56 Å². The third kappa shape index (κ3) is 2.21. The number of amides is 1. The van der Waals surface area contributed by atoms with E-state index in [1.807, 2.05) is 12.1 Å². The predicted molar refractivity (Wildman–Crippen MR) is 78.3 cm³/mol. The van der Waals surface area contributed by atoms with Crippen molar-refractivity contribution in [3.05, 3.63) is 52.5 Å². The Bertz CT molecular complexity index is 800. The lowest BCUT2D eigenvalue weighted by Crippen LogP contribution is -2.14. The van der Waals surface area contributed by atoms with Crippen molar-refractivity contribution in [2.75, 3.05) is 5.32 Å². The number of carbonyl (C=O) groups is 1. The number of aromatic amines is 1. The van der Waals surface area contributed by atoms with E-state index in [-0.39, 0.29) is 21.9 Å². The molecule has 5 nitrogen and oxygen atoms in total. The Balaban J connectivity index is 1.97. The Morgan fingerprint density at radius 3 is 2.90 bits per heavy atom. The molecule has 0 aliphatic heterocycles. The SMILES string of the molecule is O=C(Nc1ncnc(Cl)c1Cl)c1cccc2cc[nH]c12. The van der Waals surface area contributed by atoms with Crippen LogP contribution < -0.4 is 5.32 Å². The number of aromatic nitrogens is 3. The molecule has 3 rings (SSSR count). The summed E-state index contributed by atoms with van der Waals surface area (Å²) in [5.74, 6) is -0.144. The average Bonchev–Trinajstić information content (AvgIpc) is 2.92. The number of nitrogens with one attached hydrogen (secondary N) is 2. The van der Waals surface area contributed by atoms with Crippen LogP contribution in [0.3, 0.4) is 0 Å². The van der Waals surface area contributed by atoms with Crippen LogP contribution in [0.25, 0.3) is 10.9 Å². The van der Waals surface area contributed by atoms with Gasteiger partial charge in [-0.15, -0.1) is 0 Å². The summed E-state index contributed by atoms with van der Waals surface area (Å²) in [5.41, 5.74) is 1.25. The van der Waals surface area contributed by atoms with Gasteiger partial charge in [0.15, 0.2) is 11.0 Å². The maximum atomic E-state index is 12.3. The van der Waals surface area contributed by atoms with Gasteiger partial charge >= 0.3 is 0 Å². The van der Waals surface area contributed by atoms with E-state index in [2.05, 4.69) is 20.3 Å². The van der Waals surface area contributed by atoms with Crippen LogP contribution >= 0.6 is 23.2 Å². The fraction of sp³-hybridized carbons (Fsp3) is 0. The molecule has 3 aromatic rings. The van der Waals surface area contributed by atoms with Gasteiger partial charge in [-0.1, -0.05) is 35.3 Å². The van der Waals surface area contributed by atoms with Gasteiger partial charge in [0.25, 0.3) is 5.91 Å². The second kappa shape index (κ2) is 5.11. The van der Waals surface area contributed by atoms with Crippen LogP contribution in [0.4, 0.5) is 5.82 Å². The highest BCUT2D eigenvalue weighted by Gasteiger charge is 2.14. The summed E-state index contributed by atoms with van der Waals surface area (Å²) in [6, 6.07) is 7.32. The Morgan fingerprint density at radius 2 is 2.05 bits per heavy atom. The van der Waals surface area contributed by atoms with Gasteiger partial charge in [-0.2, -0.15) is 0 Å². The number of hydrogen-bond acceptors (Lipinski definition) is 3. The first-order valence-electron chi connectivity index (χ1n) is 5.70. The third-order valence-electron chi connectivity index (χ3n) is 2.81. The highest BCUT2D eigenvalue weighted by atomic mass is 35.5. The van der Waals surface area contributed by atoms with Gasteiger partial charge in [-0.25, -0.2) is 9.97 Å². The molecule has 2 N–H and O–H groups in total. The maximum Gasteiger partial charge on any atom is 0.258 e. The third-order valence-corrected chi connectivity index (χ3v) is 3.55. The zero-order valence-electron chi connectivity index (χ0n) is 10.0. The molecular weight excluding hydrogens is 299 g/mol. The summed E-state index contributed by atoms with van der Waals surface area (Å²) >= 11 is 11.7.